The monoisotopic (exact) mass is 266 g/mol. The summed E-state index contributed by atoms with van der Waals surface area (Å²) in [4.78, 5) is 11.9. The SMILES string of the molecule is CCC(O)=C(O)C(=O)OC12CC3CC(CC(C3)C1)C2. The van der Waals surface area contributed by atoms with Crippen LogP contribution in [0.5, 0.6) is 0 Å². The van der Waals surface area contributed by atoms with Crippen molar-refractivity contribution in [1.82, 2.24) is 0 Å². The van der Waals surface area contributed by atoms with Crippen LogP contribution in [-0.2, 0) is 9.53 Å². The third kappa shape index (κ3) is 2.21. The standard InChI is InChI=1S/C15H22O4/c1-2-12(16)13(17)14(18)19-15-6-9-3-10(7-15)5-11(4-9)8-15/h9-11,16-17H,2-8H2,1H3. The highest BCUT2D eigenvalue weighted by Crippen LogP contribution is 2.57. The number of aliphatic hydroxyl groups excluding tert-OH is 2. The molecule has 4 aliphatic carbocycles. The van der Waals surface area contributed by atoms with Gasteiger partial charge in [0.2, 0.25) is 5.76 Å². The number of hydrogen-bond acceptors (Lipinski definition) is 4. The Morgan fingerprint density at radius 2 is 1.58 bits per heavy atom. The van der Waals surface area contributed by atoms with Crippen molar-refractivity contribution < 1.29 is 19.7 Å². The molecule has 0 heterocycles. The van der Waals surface area contributed by atoms with Gasteiger partial charge in [0.25, 0.3) is 0 Å². The van der Waals surface area contributed by atoms with Crippen LogP contribution in [0.1, 0.15) is 51.9 Å². The van der Waals surface area contributed by atoms with E-state index in [1.165, 1.54) is 19.3 Å². The summed E-state index contributed by atoms with van der Waals surface area (Å²) in [6.07, 6.45) is 6.87. The van der Waals surface area contributed by atoms with Crippen LogP contribution in [0.15, 0.2) is 11.5 Å². The summed E-state index contributed by atoms with van der Waals surface area (Å²) in [5.41, 5.74) is -0.367. The van der Waals surface area contributed by atoms with Crippen LogP contribution in [0, 0.1) is 17.8 Å². The van der Waals surface area contributed by atoms with Crippen molar-refractivity contribution in [3.05, 3.63) is 11.5 Å². The first kappa shape index (κ1) is 12.8. The number of aliphatic hydroxyl groups is 2. The van der Waals surface area contributed by atoms with E-state index >= 15 is 0 Å². The summed E-state index contributed by atoms with van der Waals surface area (Å²) >= 11 is 0. The lowest BCUT2D eigenvalue weighted by Gasteiger charge is -2.55. The summed E-state index contributed by atoms with van der Waals surface area (Å²) in [6.45, 7) is 1.68. The molecule has 0 atom stereocenters. The van der Waals surface area contributed by atoms with Crippen molar-refractivity contribution in [1.29, 1.82) is 0 Å². The molecule has 0 aromatic carbocycles. The van der Waals surface area contributed by atoms with Gasteiger partial charge in [-0.1, -0.05) is 6.92 Å². The number of ether oxygens (including phenoxy) is 1. The summed E-state index contributed by atoms with van der Waals surface area (Å²) < 4.78 is 5.63. The largest absolute Gasteiger partial charge is 0.508 e. The van der Waals surface area contributed by atoms with Crippen molar-refractivity contribution in [2.24, 2.45) is 17.8 Å². The number of hydrogen-bond donors (Lipinski definition) is 2. The summed E-state index contributed by atoms with van der Waals surface area (Å²) in [7, 11) is 0. The number of carbonyl (C=O) groups is 1. The molecule has 19 heavy (non-hydrogen) atoms. The number of esters is 1. The molecule has 4 fully saturated rings. The van der Waals surface area contributed by atoms with Gasteiger partial charge in [0, 0.05) is 6.42 Å². The van der Waals surface area contributed by atoms with Crippen LogP contribution in [0.4, 0.5) is 0 Å². The molecule has 0 aromatic heterocycles. The summed E-state index contributed by atoms with van der Waals surface area (Å²) in [5, 5.41) is 19.1. The van der Waals surface area contributed by atoms with E-state index in [1.807, 2.05) is 0 Å². The predicted molar refractivity (Wildman–Crippen MR) is 69.6 cm³/mol. The molecule has 0 radical (unpaired) electrons. The Labute approximate surface area is 113 Å². The van der Waals surface area contributed by atoms with Crippen molar-refractivity contribution in [3.63, 3.8) is 0 Å². The van der Waals surface area contributed by atoms with Crippen molar-refractivity contribution >= 4 is 5.97 Å². The Bertz CT molecular complexity index is 389. The van der Waals surface area contributed by atoms with E-state index in [-0.39, 0.29) is 17.8 Å². The lowest BCUT2D eigenvalue weighted by atomic mass is 9.54. The van der Waals surface area contributed by atoms with Crippen LogP contribution in [0.3, 0.4) is 0 Å². The zero-order valence-electron chi connectivity index (χ0n) is 11.4. The van der Waals surface area contributed by atoms with E-state index in [0.29, 0.717) is 17.8 Å². The highest BCUT2D eigenvalue weighted by atomic mass is 16.6. The van der Waals surface area contributed by atoms with Gasteiger partial charge in [0.15, 0.2) is 0 Å². The van der Waals surface area contributed by atoms with Gasteiger partial charge in [-0.25, -0.2) is 4.79 Å². The molecular formula is C15H22O4. The fourth-order valence-electron chi connectivity index (χ4n) is 4.69. The van der Waals surface area contributed by atoms with E-state index < -0.39 is 11.7 Å². The third-order valence-corrected chi connectivity index (χ3v) is 5.09. The highest BCUT2D eigenvalue weighted by Gasteiger charge is 2.53. The topological polar surface area (TPSA) is 66.8 Å². The molecule has 4 rings (SSSR count). The maximum absolute atomic E-state index is 11.9. The van der Waals surface area contributed by atoms with Crippen LogP contribution < -0.4 is 0 Å². The molecule has 0 spiro atoms. The minimum Gasteiger partial charge on any atom is -0.508 e. The minimum atomic E-state index is -0.749. The van der Waals surface area contributed by atoms with E-state index in [4.69, 9.17) is 4.74 Å². The van der Waals surface area contributed by atoms with E-state index in [1.54, 1.807) is 6.92 Å². The van der Waals surface area contributed by atoms with Crippen molar-refractivity contribution in [2.75, 3.05) is 0 Å². The Hall–Kier alpha value is -1.19. The van der Waals surface area contributed by atoms with Crippen LogP contribution in [0.2, 0.25) is 0 Å². The van der Waals surface area contributed by atoms with Gasteiger partial charge in [-0.3, -0.25) is 0 Å². The predicted octanol–water partition coefficient (Wildman–Crippen LogP) is 3.24. The summed E-state index contributed by atoms with van der Waals surface area (Å²) in [5.74, 6) is 0.411. The van der Waals surface area contributed by atoms with E-state index in [2.05, 4.69) is 0 Å². The molecular weight excluding hydrogens is 244 g/mol. The van der Waals surface area contributed by atoms with Crippen molar-refractivity contribution in [2.45, 2.75) is 57.5 Å². The second kappa shape index (κ2) is 4.43. The molecule has 4 heteroatoms. The second-order valence-corrected chi connectivity index (χ2v) is 6.64. The van der Waals surface area contributed by atoms with E-state index in [0.717, 1.165) is 19.3 Å². The van der Waals surface area contributed by atoms with Crippen LogP contribution in [0.25, 0.3) is 0 Å². The molecule has 0 aliphatic heterocycles. The second-order valence-electron chi connectivity index (χ2n) is 6.64. The fraction of sp³-hybridized carbons (Fsp3) is 0.800. The average Bonchev–Trinajstić information content (AvgIpc) is 2.34. The molecule has 4 bridgehead atoms. The van der Waals surface area contributed by atoms with Gasteiger partial charge in [-0.05, 0) is 56.3 Å². The number of rotatable bonds is 3. The smallest absolute Gasteiger partial charge is 0.377 e. The molecule has 0 saturated heterocycles. The first-order chi connectivity index (χ1) is 9.01. The quantitative estimate of drug-likeness (QED) is 0.467. The van der Waals surface area contributed by atoms with Gasteiger partial charge in [-0.15, -0.1) is 0 Å². The zero-order valence-corrected chi connectivity index (χ0v) is 11.4. The van der Waals surface area contributed by atoms with E-state index in [9.17, 15) is 15.0 Å². The van der Waals surface area contributed by atoms with Gasteiger partial charge < -0.3 is 14.9 Å². The molecule has 0 aromatic rings. The third-order valence-electron chi connectivity index (χ3n) is 5.09. The lowest BCUT2D eigenvalue weighted by Crippen LogP contribution is -2.52. The first-order valence-corrected chi connectivity index (χ1v) is 7.36. The maximum atomic E-state index is 11.9. The zero-order chi connectivity index (χ0) is 13.6. The van der Waals surface area contributed by atoms with Crippen molar-refractivity contribution in [3.8, 4) is 0 Å². The Balaban J connectivity index is 1.75. The van der Waals surface area contributed by atoms with Gasteiger partial charge in [-0.2, -0.15) is 0 Å². The lowest BCUT2D eigenvalue weighted by molar-refractivity contribution is -0.185. The van der Waals surface area contributed by atoms with Gasteiger partial charge in [0.05, 0.1) is 0 Å². The first-order valence-electron chi connectivity index (χ1n) is 7.36. The Kier molecular flexibility index (Phi) is 2.99. The molecule has 4 nitrogen and oxygen atoms in total. The molecule has 0 unspecified atom stereocenters. The summed E-state index contributed by atoms with van der Waals surface area (Å²) in [6, 6.07) is 0. The molecule has 106 valence electrons. The molecule has 2 N–H and O–H groups in total. The maximum Gasteiger partial charge on any atom is 0.377 e. The molecule has 0 amide bonds. The number of allylic oxidation sites excluding steroid dienone is 1. The van der Waals surface area contributed by atoms with Gasteiger partial charge in [0.1, 0.15) is 11.4 Å². The Morgan fingerprint density at radius 1 is 1.11 bits per heavy atom. The van der Waals surface area contributed by atoms with Crippen LogP contribution >= 0.6 is 0 Å². The average molecular weight is 266 g/mol. The normalized spacial score (nSPS) is 41.0. The highest BCUT2D eigenvalue weighted by molar-refractivity contribution is 5.86. The van der Waals surface area contributed by atoms with Crippen LogP contribution in [-0.4, -0.2) is 21.8 Å². The van der Waals surface area contributed by atoms with Gasteiger partial charge >= 0.3 is 5.97 Å². The molecule has 4 saturated carbocycles. The minimum absolute atomic E-state index is 0.238. The number of carbonyl (C=O) groups excluding carboxylic acids is 1. The Morgan fingerprint density at radius 3 is 2.00 bits per heavy atom. The fourth-order valence-corrected chi connectivity index (χ4v) is 4.69. The molecule has 4 aliphatic rings.